The highest BCUT2D eigenvalue weighted by Crippen LogP contribution is 2.11. The third-order valence-corrected chi connectivity index (χ3v) is 6.31. The number of nitrogens with one attached hydrogen (secondary N) is 1. The second kappa shape index (κ2) is 11.3. The molecule has 10 heteroatoms. The summed E-state index contributed by atoms with van der Waals surface area (Å²) in [6.45, 7) is 9.34. The van der Waals surface area contributed by atoms with Crippen molar-refractivity contribution in [3.63, 3.8) is 0 Å². The van der Waals surface area contributed by atoms with Crippen molar-refractivity contribution in [1.82, 2.24) is 19.5 Å². The first-order valence-electron chi connectivity index (χ1n) is 9.97. The van der Waals surface area contributed by atoms with Crippen molar-refractivity contribution in [1.29, 1.82) is 0 Å². The average molecular weight is 428 g/mol. The summed E-state index contributed by atoms with van der Waals surface area (Å²) in [5.41, 5.74) is 0.979. The zero-order chi connectivity index (χ0) is 21.3. The number of aliphatic imine (C=N–C) groups is 1. The summed E-state index contributed by atoms with van der Waals surface area (Å²) in [4.78, 5) is 11.0. The zero-order valence-electron chi connectivity index (χ0n) is 17.8. The van der Waals surface area contributed by atoms with Crippen LogP contribution in [0.25, 0.3) is 0 Å². The van der Waals surface area contributed by atoms with Crippen LogP contribution in [-0.4, -0.2) is 86.9 Å². The second-order valence-corrected chi connectivity index (χ2v) is 9.09. The summed E-state index contributed by atoms with van der Waals surface area (Å²) < 4.78 is 37.0. The van der Waals surface area contributed by atoms with Crippen LogP contribution in [0.3, 0.4) is 0 Å². The van der Waals surface area contributed by atoms with Gasteiger partial charge in [0.25, 0.3) is 0 Å². The van der Waals surface area contributed by atoms with Crippen molar-refractivity contribution >= 4 is 16.0 Å². The molecule has 2 rings (SSSR count). The standard InChI is InChI=1S/C19H33N5O4S/c1-5-20-19(22-15-17-6-7-18(27-4)21-14-17)23-8-10-24(11-9-23)29(25,26)13-12-28-16(2)3/h6-7,14,16H,5,8-13,15H2,1-4H3,(H,20,22). The van der Waals surface area contributed by atoms with Gasteiger partial charge in [-0.15, -0.1) is 0 Å². The predicted molar refractivity (Wildman–Crippen MR) is 114 cm³/mol. The lowest BCUT2D eigenvalue weighted by Gasteiger charge is -2.35. The zero-order valence-corrected chi connectivity index (χ0v) is 18.6. The van der Waals surface area contributed by atoms with E-state index in [4.69, 9.17) is 9.47 Å². The Morgan fingerprint density at radius 1 is 1.28 bits per heavy atom. The van der Waals surface area contributed by atoms with Crippen LogP contribution in [-0.2, 0) is 21.3 Å². The van der Waals surface area contributed by atoms with Crippen LogP contribution in [0.1, 0.15) is 26.3 Å². The van der Waals surface area contributed by atoms with Gasteiger partial charge in [0.1, 0.15) is 0 Å². The number of hydrogen-bond donors (Lipinski definition) is 1. The first-order chi connectivity index (χ1) is 13.9. The normalized spacial score (nSPS) is 16.3. The SMILES string of the molecule is CCNC(=NCc1ccc(OC)nc1)N1CCN(S(=O)(=O)CCOC(C)C)CC1. The number of guanidine groups is 1. The summed E-state index contributed by atoms with van der Waals surface area (Å²) in [5, 5.41) is 3.29. The lowest BCUT2D eigenvalue weighted by molar-refractivity contribution is 0.0904. The molecular formula is C19H33N5O4S. The molecule has 164 valence electrons. The van der Waals surface area contributed by atoms with E-state index < -0.39 is 10.0 Å². The monoisotopic (exact) mass is 427 g/mol. The Hall–Kier alpha value is -1.91. The average Bonchev–Trinajstić information content (AvgIpc) is 2.71. The third kappa shape index (κ3) is 7.45. The Kier molecular flexibility index (Phi) is 9.12. The molecule has 1 aliphatic rings. The van der Waals surface area contributed by atoms with Gasteiger partial charge in [0.05, 0.1) is 32.1 Å². The number of nitrogens with zero attached hydrogens (tertiary/aromatic N) is 4. The minimum atomic E-state index is -3.30. The molecule has 1 fully saturated rings. The molecule has 0 bridgehead atoms. The van der Waals surface area contributed by atoms with Crippen molar-refractivity contribution in [2.75, 3.05) is 52.2 Å². The van der Waals surface area contributed by atoms with Gasteiger partial charge in [-0.3, -0.25) is 0 Å². The fourth-order valence-corrected chi connectivity index (χ4v) is 4.20. The maximum atomic E-state index is 12.5. The maximum Gasteiger partial charge on any atom is 0.216 e. The van der Waals surface area contributed by atoms with Gasteiger partial charge in [0.15, 0.2) is 5.96 Å². The number of pyridine rings is 1. The van der Waals surface area contributed by atoms with Crippen molar-refractivity contribution in [2.24, 2.45) is 4.99 Å². The van der Waals surface area contributed by atoms with Gasteiger partial charge in [-0.05, 0) is 26.3 Å². The fourth-order valence-electron chi connectivity index (χ4n) is 2.91. The molecule has 0 aliphatic carbocycles. The minimum absolute atomic E-state index is 0.0177. The molecule has 9 nitrogen and oxygen atoms in total. The molecule has 0 radical (unpaired) electrons. The van der Waals surface area contributed by atoms with E-state index in [-0.39, 0.29) is 18.5 Å². The summed E-state index contributed by atoms with van der Waals surface area (Å²) >= 11 is 0. The number of methoxy groups -OCH3 is 1. The molecule has 1 N–H and O–H groups in total. The fraction of sp³-hybridized carbons (Fsp3) is 0.684. The van der Waals surface area contributed by atoms with Gasteiger partial charge in [0, 0.05) is 45.0 Å². The summed E-state index contributed by atoms with van der Waals surface area (Å²) in [7, 11) is -1.72. The molecule has 0 saturated carbocycles. The van der Waals surface area contributed by atoms with Gasteiger partial charge >= 0.3 is 0 Å². The topological polar surface area (TPSA) is 96.4 Å². The van der Waals surface area contributed by atoms with Crippen LogP contribution in [0, 0.1) is 0 Å². The summed E-state index contributed by atoms with van der Waals surface area (Å²) in [5.74, 6) is 1.37. The van der Waals surface area contributed by atoms with Crippen LogP contribution in [0.2, 0.25) is 0 Å². The van der Waals surface area contributed by atoms with Crippen molar-refractivity contribution < 1.29 is 17.9 Å². The van der Waals surface area contributed by atoms with Gasteiger partial charge in [-0.2, -0.15) is 4.31 Å². The minimum Gasteiger partial charge on any atom is -0.481 e. The van der Waals surface area contributed by atoms with E-state index in [2.05, 4.69) is 20.2 Å². The van der Waals surface area contributed by atoms with Crippen molar-refractivity contribution in [3.8, 4) is 5.88 Å². The first-order valence-corrected chi connectivity index (χ1v) is 11.6. The molecule has 2 heterocycles. The molecule has 0 spiro atoms. The van der Waals surface area contributed by atoms with Crippen molar-refractivity contribution in [3.05, 3.63) is 23.9 Å². The van der Waals surface area contributed by atoms with Crippen LogP contribution >= 0.6 is 0 Å². The van der Waals surface area contributed by atoms with Gasteiger partial charge in [0.2, 0.25) is 15.9 Å². The van der Waals surface area contributed by atoms with E-state index in [1.54, 1.807) is 17.6 Å². The number of piperazine rings is 1. The van der Waals surface area contributed by atoms with E-state index in [1.807, 2.05) is 32.9 Å². The molecule has 0 amide bonds. The van der Waals surface area contributed by atoms with Gasteiger partial charge < -0.3 is 19.7 Å². The number of sulfonamides is 1. The van der Waals surface area contributed by atoms with Crippen LogP contribution in [0.4, 0.5) is 0 Å². The third-order valence-electron chi connectivity index (χ3n) is 4.48. The predicted octanol–water partition coefficient (Wildman–Crippen LogP) is 0.928. The number of rotatable bonds is 9. The van der Waals surface area contributed by atoms with Crippen LogP contribution in [0.15, 0.2) is 23.3 Å². The molecule has 0 atom stereocenters. The Balaban J connectivity index is 1.92. The maximum absolute atomic E-state index is 12.5. The second-order valence-electron chi connectivity index (χ2n) is 7.00. The highest BCUT2D eigenvalue weighted by Gasteiger charge is 2.28. The molecule has 1 aromatic rings. The summed E-state index contributed by atoms with van der Waals surface area (Å²) in [6.07, 6.45) is 1.78. The molecule has 0 unspecified atom stereocenters. The van der Waals surface area contributed by atoms with Crippen molar-refractivity contribution in [2.45, 2.75) is 33.4 Å². The van der Waals surface area contributed by atoms with Crippen LogP contribution in [0.5, 0.6) is 5.88 Å². The molecule has 0 aromatic carbocycles. The summed E-state index contributed by atoms with van der Waals surface area (Å²) in [6, 6.07) is 3.74. The van der Waals surface area contributed by atoms with E-state index in [0.29, 0.717) is 38.6 Å². The largest absolute Gasteiger partial charge is 0.481 e. The molecule has 1 aliphatic heterocycles. The van der Waals surface area contributed by atoms with E-state index in [0.717, 1.165) is 18.1 Å². The Morgan fingerprint density at radius 3 is 2.55 bits per heavy atom. The van der Waals surface area contributed by atoms with Gasteiger partial charge in [-0.25, -0.2) is 18.4 Å². The lowest BCUT2D eigenvalue weighted by Crippen LogP contribution is -2.54. The van der Waals surface area contributed by atoms with Gasteiger partial charge in [-0.1, -0.05) is 6.07 Å². The Morgan fingerprint density at radius 2 is 2.00 bits per heavy atom. The molecule has 1 aromatic heterocycles. The molecule has 29 heavy (non-hydrogen) atoms. The number of aromatic nitrogens is 1. The number of ether oxygens (including phenoxy) is 2. The highest BCUT2D eigenvalue weighted by atomic mass is 32.2. The Bertz CT molecular complexity index is 744. The van der Waals surface area contributed by atoms with Crippen LogP contribution < -0.4 is 10.1 Å². The highest BCUT2D eigenvalue weighted by molar-refractivity contribution is 7.89. The molecule has 1 saturated heterocycles. The molecular weight excluding hydrogens is 394 g/mol. The smallest absolute Gasteiger partial charge is 0.216 e. The van der Waals surface area contributed by atoms with E-state index >= 15 is 0 Å². The Labute approximate surface area is 174 Å². The number of hydrogen-bond acceptors (Lipinski definition) is 6. The van der Waals surface area contributed by atoms with E-state index in [9.17, 15) is 8.42 Å². The lowest BCUT2D eigenvalue weighted by atomic mass is 10.3. The van der Waals surface area contributed by atoms with E-state index in [1.165, 1.54) is 0 Å². The quantitative estimate of drug-likeness (QED) is 0.463. The first kappa shape index (κ1) is 23.4.